The van der Waals surface area contributed by atoms with Crippen molar-refractivity contribution >= 4 is 0 Å². The lowest BCUT2D eigenvalue weighted by atomic mass is 10.2. The predicted molar refractivity (Wildman–Crippen MR) is 74.1 cm³/mol. The van der Waals surface area contributed by atoms with Gasteiger partial charge in [0.2, 0.25) is 11.8 Å². The third-order valence-corrected chi connectivity index (χ3v) is 2.75. The molecule has 0 aliphatic carbocycles. The zero-order valence-electron chi connectivity index (χ0n) is 12.0. The molecule has 0 saturated heterocycles. The summed E-state index contributed by atoms with van der Waals surface area (Å²) >= 11 is 0. The van der Waals surface area contributed by atoms with Crippen molar-refractivity contribution in [3.05, 3.63) is 29.8 Å². The monoisotopic (exact) mass is 292 g/mol. The lowest BCUT2D eigenvalue weighted by Crippen LogP contribution is -2.00. The van der Waals surface area contributed by atoms with Gasteiger partial charge in [-0.25, -0.2) is 0 Å². The Morgan fingerprint density at radius 1 is 0.952 bits per heavy atom. The second kappa shape index (κ2) is 6.76. The summed E-state index contributed by atoms with van der Waals surface area (Å²) in [7, 11) is 4.48. The summed E-state index contributed by atoms with van der Waals surface area (Å²) in [6.07, 6.45) is 0. The van der Waals surface area contributed by atoms with Gasteiger partial charge in [0.25, 0.3) is 0 Å². The van der Waals surface area contributed by atoms with Crippen LogP contribution in [0.1, 0.15) is 5.56 Å². The number of aromatic nitrogens is 2. The number of aliphatic hydroxyl groups is 1. The molecule has 0 aliphatic rings. The molecule has 0 saturated carbocycles. The Morgan fingerprint density at radius 3 is 2.10 bits per heavy atom. The van der Waals surface area contributed by atoms with Gasteiger partial charge in [0.1, 0.15) is 11.5 Å². The molecule has 1 aromatic heterocycles. The Hall–Kier alpha value is -2.54. The van der Waals surface area contributed by atoms with Crippen molar-refractivity contribution < 1.29 is 24.1 Å². The molecule has 112 valence electrons. The third kappa shape index (κ3) is 3.32. The topological polar surface area (TPSA) is 82.9 Å². The fraction of sp³-hybridized carbons (Fsp3) is 0.286. The van der Waals surface area contributed by atoms with Crippen LogP contribution in [-0.2, 0) is 6.61 Å². The van der Waals surface area contributed by atoms with E-state index in [4.69, 9.17) is 18.9 Å². The van der Waals surface area contributed by atoms with Crippen LogP contribution in [0.3, 0.4) is 0 Å². The number of ether oxygens (including phenoxy) is 4. The summed E-state index contributed by atoms with van der Waals surface area (Å²) in [6.45, 7) is -0.236. The molecule has 2 aromatic rings. The van der Waals surface area contributed by atoms with Crippen molar-refractivity contribution in [1.29, 1.82) is 0 Å². The number of hydrogen-bond donors (Lipinski definition) is 1. The highest BCUT2D eigenvalue weighted by Crippen LogP contribution is 2.31. The van der Waals surface area contributed by atoms with Gasteiger partial charge in [-0.2, -0.15) is 9.97 Å². The Kier molecular flexibility index (Phi) is 4.78. The van der Waals surface area contributed by atoms with Gasteiger partial charge in [-0.15, -0.1) is 0 Å². The molecule has 7 heteroatoms. The molecular weight excluding hydrogens is 276 g/mol. The molecule has 1 heterocycles. The molecular formula is C14H16N2O5. The first kappa shape index (κ1) is 14.9. The second-order valence-electron chi connectivity index (χ2n) is 3.93. The molecule has 0 radical (unpaired) electrons. The van der Waals surface area contributed by atoms with E-state index < -0.39 is 0 Å². The number of aliphatic hydroxyl groups excluding tert-OH is 1. The highest BCUT2D eigenvalue weighted by Gasteiger charge is 2.13. The van der Waals surface area contributed by atoms with Gasteiger partial charge >= 0.3 is 6.01 Å². The second-order valence-corrected chi connectivity index (χ2v) is 3.93. The van der Waals surface area contributed by atoms with Crippen LogP contribution in [-0.4, -0.2) is 36.4 Å². The third-order valence-electron chi connectivity index (χ3n) is 2.75. The molecule has 1 N–H and O–H groups in total. The molecule has 0 unspecified atom stereocenters. The number of nitrogens with zero attached hydrogens (tertiary/aromatic N) is 2. The minimum atomic E-state index is -0.236. The van der Waals surface area contributed by atoms with E-state index in [1.165, 1.54) is 27.4 Å². The average Bonchev–Trinajstić information content (AvgIpc) is 2.54. The number of rotatable bonds is 6. The first-order chi connectivity index (χ1) is 10.2. The molecule has 0 bridgehead atoms. The van der Waals surface area contributed by atoms with Gasteiger partial charge in [0, 0.05) is 0 Å². The Morgan fingerprint density at radius 2 is 1.57 bits per heavy atom. The smallest absolute Gasteiger partial charge is 0.328 e. The molecule has 1 aromatic carbocycles. The summed E-state index contributed by atoms with van der Waals surface area (Å²) < 4.78 is 20.9. The number of hydrogen-bond acceptors (Lipinski definition) is 7. The van der Waals surface area contributed by atoms with Crippen molar-refractivity contribution in [2.75, 3.05) is 21.3 Å². The van der Waals surface area contributed by atoms with E-state index in [0.717, 1.165) is 0 Å². The van der Waals surface area contributed by atoms with Gasteiger partial charge in [0.15, 0.2) is 0 Å². The van der Waals surface area contributed by atoms with E-state index in [0.29, 0.717) is 28.8 Å². The molecule has 7 nitrogen and oxygen atoms in total. The van der Waals surface area contributed by atoms with E-state index in [-0.39, 0.29) is 12.6 Å². The van der Waals surface area contributed by atoms with Crippen LogP contribution in [0.25, 0.3) is 0 Å². The average molecular weight is 292 g/mol. The van der Waals surface area contributed by atoms with Gasteiger partial charge in [-0.3, -0.25) is 0 Å². The van der Waals surface area contributed by atoms with Crippen LogP contribution in [0.15, 0.2) is 24.3 Å². The molecule has 2 rings (SSSR count). The standard InChI is InChI=1S/C14H16N2O5/c1-18-10-5-4-6-11(9(10)8-17)21-14-15-12(19-2)7-13(16-14)20-3/h4-7,17H,8H2,1-3H3. The van der Waals surface area contributed by atoms with Crippen LogP contribution in [0.2, 0.25) is 0 Å². The minimum Gasteiger partial charge on any atom is -0.496 e. The van der Waals surface area contributed by atoms with Gasteiger partial charge in [-0.05, 0) is 12.1 Å². The fourth-order valence-corrected chi connectivity index (χ4v) is 1.73. The largest absolute Gasteiger partial charge is 0.496 e. The van der Waals surface area contributed by atoms with Gasteiger partial charge in [0.05, 0.1) is 39.6 Å². The first-order valence-electron chi connectivity index (χ1n) is 6.13. The van der Waals surface area contributed by atoms with E-state index in [1.807, 2.05) is 0 Å². The fourth-order valence-electron chi connectivity index (χ4n) is 1.73. The van der Waals surface area contributed by atoms with E-state index >= 15 is 0 Å². The maximum absolute atomic E-state index is 9.46. The maximum atomic E-state index is 9.46. The van der Waals surface area contributed by atoms with Crippen LogP contribution >= 0.6 is 0 Å². The summed E-state index contributed by atoms with van der Waals surface area (Å²) in [6, 6.07) is 6.74. The van der Waals surface area contributed by atoms with Crippen molar-refractivity contribution in [1.82, 2.24) is 9.97 Å². The Bertz CT molecular complexity index is 596. The lowest BCUT2D eigenvalue weighted by Gasteiger charge is -2.12. The Balaban J connectivity index is 2.38. The lowest BCUT2D eigenvalue weighted by molar-refractivity contribution is 0.266. The number of benzene rings is 1. The van der Waals surface area contributed by atoms with Crippen LogP contribution in [0, 0.1) is 0 Å². The highest BCUT2D eigenvalue weighted by atomic mass is 16.5. The molecule has 0 atom stereocenters. The van der Waals surface area contributed by atoms with Gasteiger partial charge in [-0.1, -0.05) is 6.07 Å². The molecule has 21 heavy (non-hydrogen) atoms. The summed E-state index contributed by atoms with van der Waals surface area (Å²) in [4.78, 5) is 8.14. The van der Waals surface area contributed by atoms with Crippen molar-refractivity contribution in [3.63, 3.8) is 0 Å². The zero-order chi connectivity index (χ0) is 15.2. The minimum absolute atomic E-state index is 0.0501. The summed E-state index contributed by atoms with van der Waals surface area (Å²) in [5.41, 5.74) is 0.505. The maximum Gasteiger partial charge on any atom is 0.328 e. The first-order valence-corrected chi connectivity index (χ1v) is 6.13. The van der Waals surface area contributed by atoms with E-state index in [1.54, 1.807) is 18.2 Å². The van der Waals surface area contributed by atoms with E-state index in [9.17, 15) is 5.11 Å². The van der Waals surface area contributed by atoms with Gasteiger partial charge < -0.3 is 24.1 Å². The van der Waals surface area contributed by atoms with Crippen LogP contribution < -0.4 is 18.9 Å². The van der Waals surface area contributed by atoms with Crippen molar-refractivity contribution in [3.8, 4) is 29.3 Å². The predicted octanol–water partition coefficient (Wildman–Crippen LogP) is 1.79. The quantitative estimate of drug-likeness (QED) is 0.869. The van der Waals surface area contributed by atoms with E-state index in [2.05, 4.69) is 9.97 Å². The number of methoxy groups -OCH3 is 3. The molecule has 0 aliphatic heterocycles. The van der Waals surface area contributed by atoms with Crippen LogP contribution in [0.4, 0.5) is 0 Å². The summed E-state index contributed by atoms with van der Waals surface area (Å²) in [5, 5.41) is 9.46. The van der Waals surface area contributed by atoms with Crippen molar-refractivity contribution in [2.24, 2.45) is 0 Å². The van der Waals surface area contributed by atoms with Crippen LogP contribution in [0.5, 0.6) is 29.3 Å². The zero-order valence-corrected chi connectivity index (χ0v) is 12.0. The highest BCUT2D eigenvalue weighted by molar-refractivity contribution is 5.45. The summed E-state index contributed by atoms with van der Waals surface area (Å²) in [5.74, 6) is 1.53. The van der Waals surface area contributed by atoms with Crippen molar-refractivity contribution in [2.45, 2.75) is 6.61 Å². The molecule has 0 amide bonds. The SMILES string of the molecule is COc1cc(OC)nc(Oc2cccc(OC)c2CO)n1. The normalized spacial score (nSPS) is 10.1. The molecule has 0 spiro atoms. The Labute approximate surface area is 122 Å². The molecule has 0 fully saturated rings.